The van der Waals surface area contributed by atoms with E-state index in [-0.39, 0.29) is 11.6 Å². The van der Waals surface area contributed by atoms with Crippen molar-refractivity contribution in [2.45, 2.75) is 6.42 Å². The molecule has 0 amide bonds. The molecule has 3 rings (SSSR count). The molecule has 0 fully saturated rings. The van der Waals surface area contributed by atoms with Gasteiger partial charge in [0.1, 0.15) is 11.6 Å². The van der Waals surface area contributed by atoms with Crippen molar-refractivity contribution in [3.8, 4) is 16.9 Å². The number of rotatable bonds is 1. The minimum atomic E-state index is -0.261. The highest BCUT2D eigenvalue weighted by molar-refractivity contribution is 6.00. The van der Waals surface area contributed by atoms with Crippen LogP contribution < -0.4 is 4.74 Å². The van der Waals surface area contributed by atoms with E-state index in [4.69, 9.17) is 4.74 Å². The largest absolute Gasteiger partial charge is 0.492 e. The van der Waals surface area contributed by atoms with E-state index in [2.05, 4.69) is 0 Å². The molecule has 1 aliphatic rings. The highest BCUT2D eigenvalue weighted by Crippen LogP contribution is 2.30. The van der Waals surface area contributed by atoms with Crippen molar-refractivity contribution in [2.24, 2.45) is 0 Å². The van der Waals surface area contributed by atoms with Crippen LogP contribution in [0.15, 0.2) is 42.5 Å². The standard InChI is InChI=1S/C15H11FO2/c16-12-4-1-10(2-5-12)11-3-6-13-14(17)7-8-18-15(13)9-11/h1-6,9H,7-8H2. The van der Waals surface area contributed by atoms with Gasteiger partial charge in [-0.05, 0) is 35.4 Å². The Morgan fingerprint density at radius 2 is 1.72 bits per heavy atom. The second-order valence-electron chi connectivity index (χ2n) is 4.24. The molecule has 0 saturated heterocycles. The number of ether oxygens (including phenoxy) is 1. The molecule has 0 saturated carbocycles. The number of Topliss-reactive ketones (excluding diaryl/α,β-unsaturated/α-hetero) is 1. The van der Waals surface area contributed by atoms with Crippen LogP contribution in [0.1, 0.15) is 16.8 Å². The van der Waals surface area contributed by atoms with Crippen molar-refractivity contribution in [3.05, 3.63) is 53.8 Å². The Labute approximate surface area is 104 Å². The predicted octanol–water partition coefficient (Wildman–Crippen LogP) is 3.46. The molecule has 3 heteroatoms. The normalized spacial score (nSPS) is 13.9. The quantitative estimate of drug-likeness (QED) is 0.765. The van der Waals surface area contributed by atoms with Crippen LogP contribution >= 0.6 is 0 Å². The van der Waals surface area contributed by atoms with Crippen LogP contribution in [-0.2, 0) is 0 Å². The maximum Gasteiger partial charge on any atom is 0.169 e. The molecule has 0 N–H and O–H groups in total. The molecule has 0 aliphatic carbocycles. The lowest BCUT2D eigenvalue weighted by Crippen LogP contribution is -2.15. The van der Waals surface area contributed by atoms with Gasteiger partial charge in [-0.2, -0.15) is 0 Å². The molecule has 18 heavy (non-hydrogen) atoms. The lowest BCUT2D eigenvalue weighted by Gasteiger charge is -2.17. The molecule has 0 unspecified atom stereocenters. The summed E-state index contributed by atoms with van der Waals surface area (Å²) in [6.07, 6.45) is 0.433. The highest BCUT2D eigenvalue weighted by Gasteiger charge is 2.18. The van der Waals surface area contributed by atoms with Gasteiger partial charge < -0.3 is 4.74 Å². The van der Waals surface area contributed by atoms with Gasteiger partial charge in [0.2, 0.25) is 0 Å². The van der Waals surface area contributed by atoms with E-state index in [1.54, 1.807) is 18.2 Å². The van der Waals surface area contributed by atoms with E-state index >= 15 is 0 Å². The van der Waals surface area contributed by atoms with Crippen LogP contribution in [0.25, 0.3) is 11.1 Å². The van der Waals surface area contributed by atoms with Gasteiger partial charge in [0.05, 0.1) is 12.2 Å². The van der Waals surface area contributed by atoms with Gasteiger partial charge in [-0.25, -0.2) is 4.39 Å². The summed E-state index contributed by atoms with van der Waals surface area (Å²) in [7, 11) is 0. The predicted molar refractivity (Wildman–Crippen MR) is 66.3 cm³/mol. The molecular formula is C15H11FO2. The SMILES string of the molecule is O=C1CCOc2cc(-c3ccc(F)cc3)ccc21. The molecule has 0 radical (unpaired) electrons. The van der Waals surface area contributed by atoms with Crippen molar-refractivity contribution in [2.75, 3.05) is 6.61 Å². The van der Waals surface area contributed by atoms with Gasteiger partial charge in [0, 0.05) is 6.42 Å². The zero-order valence-corrected chi connectivity index (χ0v) is 9.65. The maximum atomic E-state index is 12.9. The topological polar surface area (TPSA) is 26.3 Å². The Hall–Kier alpha value is -2.16. The first-order valence-corrected chi connectivity index (χ1v) is 5.80. The first-order chi connectivity index (χ1) is 8.74. The summed E-state index contributed by atoms with van der Waals surface area (Å²) in [5.41, 5.74) is 2.45. The molecule has 0 bridgehead atoms. The van der Waals surface area contributed by atoms with Crippen LogP contribution in [-0.4, -0.2) is 12.4 Å². The van der Waals surface area contributed by atoms with E-state index in [1.165, 1.54) is 12.1 Å². The van der Waals surface area contributed by atoms with Gasteiger partial charge in [-0.1, -0.05) is 18.2 Å². The van der Waals surface area contributed by atoms with Gasteiger partial charge in [0.25, 0.3) is 0 Å². The number of ketones is 1. The Kier molecular flexibility index (Phi) is 2.59. The molecule has 1 heterocycles. The summed E-state index contributed by atoms with van der Waals surface area (Å²) in [5.74, 6) is 0.470. The Morgan fingerprint density at radius 1 is 1.00 bits per heavy atom. The van der Waals surface area contributed by atoms with E-state index in [9.17, 15) is 9.18 Å². The van der Waals surface area contributed by atoms with E-state index < -0.39 is 0 Å². The minimum absolute atomic E-state index is 0.113. The van der Waals surface area contributed by atoms with Gasteiger partial charge in [-0.3, -0.25) is 4.79 Å². The van der Waals surface area contributed by atoms with E-state index in [0.717, 1.165) is 11.1 Å². The lowest BCUT2D eigenvalue weighted by molar-refractivity contribution is 0.0933. The van der Waals surface area contributed by atoms with Crippen LogP contribution in [0.5, 0.6) is 5.75 Å². The summed E-state index contributed by atoms with van der Waals surface area (Å²) in [5, 5.41) is 0. The zero-order valence-electron chi connectivity index (χ0n) is 9.65. The first-order valence-electron chi connectivity index (χ1n) is 5.80. The number of hydrogen-bond acceptors (Lipinski definition) is 2. The Morgan fingerprint density at radius 3 is 2.50 bits per heavy atom. The first kappa shape index (κ1) is 11.0. The van der Waals surface area contributed by atoms with Crippen molar-refractivity contribution < 1.29 is 13.9 Å². The number of benzene rings is 2. The fourth-order valence-electron chi connectivity index (χ4n) is 2.08. The van der Waals surface area contributed by atoms with Gasteiger partial charge in [-0.15, -0.1) is 0 Å². The average molecular weight is 242 g/mol. The fourth-order valence-corrected chi connectivity index (χ4v) is 2.08. The molecule has 0 spiro atoms. The summed E-state index contributed by atoms with van der Waals surface area (Å²) in [4.78, 5) is 11.6. The van der Waals surface area contributed by atoms with Crippen molar-refractivity contribution in [1.82, 2.24) is 0 Å². The number of hydrogen-bond donors (Lipinski definition) is 0. The smallest absolute Gasteiger partial charge is 0.169 e. The molecule has 2 aromatic carbocycles. The lowest BCUT2D eigenvalue weighted by atomic mass is 9.99. The third-order valence-corrected chi connectivity index (χ3v) is 3.05. The molecule has 0 atom stereocenters. The minimum Gasteiger partial charge on any atom is -0.492 e. The third kappa shape index (κ3) is 1.88. The second-order valence-corrected chi connectivity index (χ2v) is 4.24. The number of fused-ring (bicyclic) bond motifs is 1. The highest BCUT2D eigenvalue weighted by atomic mass is 19.1. The molecule has 90 valence electrons. The Balaban J connectivity index is 2.04. The monoisotopic (exact) mass is 242 g/mol. The summed E-state index contributed by atoms with van der Waals surface area (Å²) in [6, 6.07) is 11.7. The number of carbonyl (C=O) groups excluding carboxylic acids is 1. The maximum absolute atomic E-state index is 12.9. The van der Waals surface area contributed by atoms with Crippen LogP contribution in [0.4, 0.5) is 4.39 Å². The van der Waals surface area contributed by atoms with Crippen LogP contribution in [0.3, 0.4) is 0 Å². The van der Waals surface area contributed by atoms with Crippen molar-refractivity contribution >= 4 is 5.78 Å². The summed E-state index contributed by atoms with van der Waals surface area (Å²) in [6.45, 7) is 0.429. The zero-order chi connectivity index (χ0) is 12.5. The van der Waals surface area contributed by atoms with Crippen LogP contribution in [0, 0.1) is 5.82 Å². The van der Waals surface area contributed by atoms with Crippen molar-refractivity contribution in [3.63, 3.8) is 0 Å². The number of halogens is 1. The molecule has 0 aromatic heterocycles. The number of carbonyl (C=O) groups is 1. The van der Waals surface area contributed by atoms with Crippen LogP contribution in [0.2, 0.25) is 0 Å². The Bertz CT molecular complexity index is 602. The van der Waals surface area contributed by atoms with Gasteiger partial charge >= 0.3 is 0 Å². The third-order valence-electron chi connectivity index (χ3n) is 3.05. The second kappa shape index (κ2) is 4.26. The fraction of sp³-hybridized carbons (Fsp3) is 0.133. The average Bonchev–Trinajstić information content (AvgIpc) is 2.39. The molecule has 1 aliphatic heterocycles. The molecular weight excluding hydrogens is 231 g/mol. The summed E-state index contributed by atoms with van der Waals surface area (Å²) < 4.78 is 18.3. The van der Waals surface area contributed by atoms with E-state index in [0.29, 0.717) is 24.3 Å². The van der Waals surface area contributed by atoms with Crippen molar-refractivity contribution in [1.29, 1.82) is 0 Å². The van der Waals surface area contributed by atoms with Gasteiger partial charge in [0.15, 0.2) is 5.78 Å². The van der Waals surface area contributed by atoms with E-state index in [1.807, 2.05) is 12.1 Å². The molecule has 2 nitrogen and oxygen atoms in total. The summed E-state index contributed by atoms with van der Waals surface area (Å²) >= 11 is 0. The molecule has 2 aromatic rings.